The maximum absolute atomic E-state index is 11.6. The van der Waals surface area contributed by atoms with Crippen molar-refractivity contribution in [3.63, 3.8) is 0 Å². The molecule has 1 saturated heterocycles. The SMILES string of the molecule is CCC[C@@H](OC[C@H]1CO1)c1cccc(Cl)c1C=CC(=O)OCC. The molecule has 126 valence electrons. The van der Waals surface area contributed by atoms with Crippen LogP contribution < -0.4 is 0 Å². The first kappa shape index (κ1) is 18.0. The summed E-state index contributed by atoms with van der Waals surface area (Å²) in [6.45, 7) is 5.59. The second-order valence-electron chi connectivity index (χ2n) is 5.39. The molecular weight excluding hydrogens is 316 g/mol. The molecule has 4 nitrogen and oxygen atoms in total. The molecular formula is C18H23ClO4. The van der Waals surface area contributed by atoms with Gasteiger partial charge in [0.2, 0.25) is 0 Å². The van der Waals surface area contributed by atoms with Crippen LogP contribution in [0.5, 0.6) is 0 Å². The predicted molar refractivity (Wildman–Crippen MR) is 90.5 cm³/mol. The molecule has 1 aliphatic rings. The number of hydrogen-bond donors (Lipinski definition) is 0. The minimum atomic E-state index is -0.377. The Morgan fingerprint density at radius 2 is 2.26 bits per heavy atom. The molecule has 5 heteroatoms. The molecule has 1 aromatic rings. The minimum absolute atomic E-state index is 0.0651. The van der Waals surface area contributed by atoms with Crippen molar-refractivity contribution in [2.45, 2.75) is 38.9 Å². The van der Waals surface area contributed by atoms with Crippen LogP contribution in [0.2, 0.25) is 5.02 Å². The molecule has 23 heavy (non-hydrogen) atoms. The van der Waals surface area contributed by atoms with Crippen molar-refractivity contribution in [1.82, 2.24) is 0 Å². The molecule has 0 spiro atoms. The Kier molecular flexibility index (Phi) is 7.09. The highest BCUT2D eigenvalue weighted by molar-refractivity contribution is 6.32. The van der Waals surface area contributed by atoms with Gasteiger partial charge in [-0.25, -0.2) is 4.79 Å². The van der Waals surface area contributed by atoms with Gasteiger partial charge in [-0.15, -0.1) is 0 Å². The van der Waals surface area contributed by atoms with Crippen molar-refractivity contribution in [3.05, 3.63) is 40.4 Å². The zero-order valence-corrected chi connectivity index (χ0v) is 14.3. The lowest BCUT2D eigenvalue weighted by atomic mass is 9.98. The van der Waals surface area contributed by atoms with Crippen LogP contribution in [0.1, 0.15) is 43.9 Å². The Morgan fingerprint density at radius 1 is 1.48 bits per heavy atom. The van der Waals surface area contributed by atoms with E-state index in [2.05, 4.69) is 6.92 Å². The van der Waals surface area contributed by atoms with Gasteiger partial charge in [0.05, 0.1) is 25.9 Å². The molecule has 2 rings (SSSR count). The predicted octanol–water partition coefficient (Wildman–Crippen LogP) is 4.17. The average molecular weight is 339 g/mol. The highest BCUT2D eigenvalue weighted by Crippen LogP contribution is 2.32. The van der Waals surface area contributed by atoms with E-state index in [1.165, 1.54) is 6.08 Å². The van der Waals surface area contributed by atoms with E-state index in [1.807, 2.05) is 18.2 Å². The number of halogens is 1. The number of benzene rings is 1. The molecule has 0 radical (unpaired) electrons. The number of carbonyl (C=O) groups is 1. The van der Waals surface area contributed by atoms with Gasteiger partial charge in [0.15, 0.2) is 0 Å². The monoisotopic (exact) mass is 338 g/mol. The van der Waals surface area contributed by atoms with Crippen molar-refractivity contribution in [2.24, 2.45) is 0 Å². The van der Waals surface area contributed by atoms with Crippen LogP contribution in [0.4, 0.5) is 0 Å². The maximum atomic E-state index is 11.6. The van der Waals surface area contributed by atoms with Gasteiger partial charge < -0.3 is 14.2 Å². The Bertz CT molecular complexity index is 552. The van der Waals surface area contributed by atoms with Crippen LogP contribution in [-0.2, 0) is 19.0 Å². The lowest BCUT2D eigenvalue weighted by molar-refractivity contribution is -0.137. The lowest BCUT2D eigenvalue weighted by Crippen LogP contribution is -2.10. The van der Waals surface area contributed by atoms with Gasteiger partial charge in [-0.2, -0.15) is 0 Å². The normalized spacial score (nSPS) is 18.1. The van der Waals surface area contributed by atoms with Crippen molar-refractivity contribution < 1.29 is 19.0 Å². The summed E-state index contributed by atoms with van der Waals surface area (Å²) in [5.74, 6) is -0.377. The largest absolute Gasteiger partial charge is 0.463 e. The summed E-state index contributed by atoms with van der Waals surface area (Å²) in [5.41, 5.74) is 1.79. The molecule has 1 heterocycles. The number of epoxide rings is 1. The van der Waals surface area contributed by atoms with Crippen molar-refractivity contribution >= 4 is 23.6 Å². The van der Waals surface area contributed by atoms with E-state index in [0.29, 0.717) is 18.2 Å². The molecule has 2 atom stereocenters. The van der Waals surface area contributed by atoms with Crippen LogP contribution in [-0.4, -0.2) is 31.9 Å². The molecule has 0 bridgehead atoms. The zero-order valence-electron chi connectivity index (χ0n) is 13.6. The van der Waals surface area contributed by atoms with Crippen molar-refractivity contribution in [2.75, 3.05) is 19.8 Å². The van der Waals surface area contributed by atoms with E-state index < -0.39 is 0 Å². The van der Waals surface area contributed by atoms with Gasteiger partial charge in [0.1, 0.15) is 6.10 Å². The molecule has 0 saturated carbocycles. The van der Waals surface area contributed by atoms with E-state index in [9.17, 15) is 4.79 Å². The van der Waals surface area contributed by atoms with Gasteiger partial charge >= 0.3 is 5.97 Å². The molecule has 0 amide bonds. The Hall–Kier alpha value is -1.36. The summed E-state index contributed by atoms with van der Waals surface area (Å²) in [5, 5.41) is 0.593. The third-order valence-electron chi connectivity index (χ3n) is 3.54. The summed E-state index contributed by atoms with van der Waals surface area (Å²) in [7, 11) is 0. The number of carbonyl (C=O) groups excluding carboxylic acids is 1. The molecule has 1 aromatic carbocycles. The van der Waals surface area contributed by atoms with E-state index in [1.54, 1.807) is 13.0 Å². The fraction of sp³-hybridized carbons (Fsp3) is 0.500. The fourth-order valence-electron chi connectivity index (χ4n) is 2.33. The summed E-state index contributed by atoms with van der Waals surface area (Å²) in [4.78, 5) is 11.6. The maximum Gasteiger partial charge on any atom is 0.330 e. The van der Waals surface area contributed by atoms with Crippen molar-refractivity contribution in [1.29, 1.82) is 0 Å². The second kappa shape index (κ2) is 9.06. The summed E-state index contributed by atoms with van der Waals surface area (Å²) in [6.07, 6.45) is 5.13. The molecule has 0 unspecified atom stereocenters. The Balaban J connectivity index is 2.20. The van der Waals surface area contributed by atoms with Crippen molar-refractivity contribution in [3.8, 4) is 0 Å². The van der Waals surface area contributed by atoms with E-state index in [4.69, 9.17) is 25.8 Å². The Morgan fingerprint density at radius 3 is 2.91 bits per heavy atom. The van der Waals surface area contributed by atoms with E-state index in [-0.39, 0.29) is 18.2 Å². The van der Waals surface area contributed by atoms with Crippen LogP contribution in [0.25, 0.3) is 6.08 Å². The molecule has 1 fully saturated rings. The third-order valence-corrected chi connectivity index (χ3v) is 3.87. The number of rotatable bonds is 9. The first-order chi connectivity index (χ1) is 11.2. The molecule has 0 aromatic heterocycles. The van der Waals surface area contributed by atoms with E-state index >= 15 is 0 Å². The quantitative estimate of drug-likeness (QED) is 0.385. The number of hydrogen-bond acceptors (Lipinski definition) is 4. The number of esters is 1. The molecule has 0 N–H and O–H groups in total. The van der Waals surface area contributed by atoms with Gasteiger partial charge in [-0.05, 0) is 36.6 Å². The highest BCUT2D eigenvalue weighted by Gasteiger charge is 2.25. The average Bonchev–Trinajstić information content (AvgIpc) is 3.34. The Labute approximate surface area is 142 Å². The standard InChI is InChI=1S/C18H23ClO4/c1-3-6-17(23-12-13-11-22-13)15-7-5-8-16(19)14(15)9-10-18(20)21-4-2/h5,7-10,13,17H,3-4,6,11-12H2,1-2H3/t13-,17-/m1/s1. The van der Waals surface area contributed by atoms with Gasteiger partial charge in [0, 0.05) is 11.1 Å². The molecule has 0 aliphatic carbocycles. The summed E-state index contributed by atoms with van der Waals surface area (Å²) in [6, 6.07) is 5.70. The molecule has 1 aliphatic heterocycles. The van der Waals surface area contributed by atoms with Crippen LogP contribution in [0.3, 0.4) is 0 Å². The highest BCUT2D eigenvalue weighted by atomic mass is 35.5. The minimum Gasteiger partial charge on any atom is -0.463 e. The van der Waals surface area contributed by atoms with Gasteiger partial charge in [-0.1, -0.05) is 37.1 Å². The van der Waals surface area contributed by atoms with Gasteiger partial charge in [0.25, 0.3) is 0 Å². The smallest absolute Gasteiger partial charge is 0.330 e. The summed E-state index contributed by atoms with van der Waals surface area (Å²) >= 11 is 6.33. The number of ether oxygens (including phenoxy) is 3. The fourth-order valence-corrected chi connectivity index (χ4v) is 2.58. The van der Waals surface area contributed by atoms with Gasteiger partial charge in [-0.3, -0.25) is 0 Å². The van der Waals surface area contributed by atoms with E-state index in [0.717, 1.165) is 30.6 Å². The lowest BCUT2D eigenvalue weighted by Gasteiger charge is -2.20. The zero-order chi connectivity index (χ0) is 16.7. The van der Waals surface area contributed by atoms with Crippen LogP contribution in [0, 0.1) is 0 Å². The van der Waals surface area contributed by atoms with Crippen LogP contribution in [0.15, 0.2) is 24.3 Å². The van der Waals surface area contributed by atoms with Crippen LogP contribution >= 0.6 is 11.6 Å². The first-order valence-electron chi connectivity index (χ1n) is 8.02. The first-order valence-corrected chi connectivity index (χ1v) is 8.39. The second-order valence-corrected chi connectivity index (χ2v) is 5.80. The summed E-state index contributed by atoms with van der Waals surface area (Å²) < 4.78 is 16.1. The topological polar surface area (TPSA) is 48.1 Å². The third kappa shape index (κ3) is 5.65.